The highest BCUT2D eigenvalue weighted by Gasteiger charge is 2.26. The number of rotatable bonds is 4. The molecule has 0 spiro atoms. The van der Waals surface area contributed by atoms with Gasteiger partial charge in [-0.1, -0.05) is 11.8 Å². The average molecular weight is 284 g/mol. The van der Waals surface area contributed by atoms with Gasteiger partial charge >= 0.3 is 0 Å². The molecule has 1 saturated heterocycles. The first-order valence-corrected chi connectivity index (χ1v) is 8.42. The van der Waals surface area contributed by atoms with Crippen LogP contribution in [0.3, 0.4) is 0 Å². The van der Waals surface area contributed by atoms with Gasteiger partial charge in [0, 0.05) is 31.4 Å². The molecule has 0 N–H and O–H groups in total. The number of likely N-dealkylation sites (N-methyl/N-ethyl adjacent to an activating group) is 1. The van der Waals surface area contributed by atoms with Gasteiger partial charge in [0.2, 0.25) is 0 Å². The summed E-state index contributed by atoms with van der Waals surface area (Å²) in [5.74, 6) is 1.24. The van der Waals surface area contributed by atoms with E-state index in [4.69, 9.17) is 4.99 Å². The molecular formula is C14H28N4S. The Morgan fingerprint density at radius 1 is 1.26 bits per heavy atom. The van der Waals surface area contributed by atoms with Crippen LogP contribution < -0.4 is 0 Å². The van der Waals surface area contributed by atoms with Crippen LogP contribution in [0.1, 0.15) is 19.3 Å². The second kappa shape index (κ2) is 7.50. The van der Waals surface area contributed by atoms with Crippen LogP contribution in [0.25, 0.3) is 0 Å². The molecule has 4 nitrogen and oxygen atoms in total. The van der Waals surface area contributed by atoms with Gasteiger partial charge in [0.05, 0.1) is 0 Å². The summed E-state index contributed by atoms with van der Waals surface area (Å²) >= 11 is 1.96. The molecule has 0 aromatic heterocycles. The van der Waals surface area contributed by atoms with E-state index in [0.29, 0.717) is 6.04 Å². The lowest BCUT2D eigenvalue weighted by Gasteiger charge is -2.40. The molecule has 0 aromatic rings. The van der Waals surface area contributed by atoms with Crippen LogP contribution in [-0.4, -0.2) is 85.5 Å². The molecule has 5 heteroatoms. The van der Waals surface area contributed by atoms with Gasteiger partial charge in [0.25, 0.3) is 0 Å². The minimum Gasteiger partial charge on any atom is -0.347 e. The van der Waals surface area contributed by atoms with Crippen molar-refractivity contribution >= 4 is 16.9 Å². The molecular weight excluding hydrogens is 256 g/mol. The zero-order valence-corrected chi connectivity index (χ0v) is 13.5. The Bertz CT molecular complexity index is 298. The standard InChI is InChI=1S/C14H28N4S/c1-16(2)10-11-18(14-15-7-4-12-19-14)13-5-8-17(3)9-6-13/h13H,4-12H2,1-3H3. The van der Waals surface area contributed by atoms with E-state index in [1.54, 1.807) is 0 Å². The fourth-order valence-electron chi connectivity index (χ4n) is 2.67. The average Bonchev–Trinajstić information content (AvgIpc) is 2.42. The van der Waals surface area contributed by atoms with Crippen LogP contribution in [0.4, 0.5) is 0 Å². The minimum absolute atomic E-state index is 0.695. The van der Waals surface area contributed by atoms with Crippen molar-refractivity contribution in [2.24, 2.45) is 4.99 Å². The highest BCUT2D eigenvalue weighted by Crippen LogP contribution is 2.23. The molecule has 2 aliphatic heterocycles. The molecule has 0 aliphatic carbocycles. The Labute approximate surface area is 122 Å². The number of hydrogen-bond donors (Lipinski definition) is 0. The Balaban J connectivity index is 1.98. The van der Waals surface area contributed by atoms with Crippen LogP contribution >= 0.6 is 11.8 Å². The summed E-state index contributed by atoms with van der Waals surface area (Å²) < 4.78 is 0. The van der Waals surface area contributed by atoms with Crippen molar-refractivity contribution in [3.63, 3.8) is 0 Å². The summed E-state index contributed by atoms with van der Waals surface area (Å²) in [6.07, 6.45) is 3.80. The summed E-state index contributed by atoms with van der Waals surface area (Å²) in [5, 5.41) is 1.31. The summed E-state index contributed by atoms with van der Waals surface area (Å²) in [6.45, 7) is 5.70. The molecule has 2 aliphatic rings. The monoisotopic (exact) mass is 284 g/mol. The molecule has 1 fully saturated rings. The molecule has 0 amide bonds. The topological polar surface area (TPSA) is 22.1 Å². The molecule has 19 heavy (non-hydrogen) atoms. The Morgan fingerprint density at radius 2 is 2.00 bits per heavy atom. The van der Waals surface area contributed by atoms with Crippen molar-refractivity contribution in [3.8, 4) is 0 Å². The summed E-state index contributed by atoms with van der Waals surface area (Å²) in [5.41, 5.74) is 0. The third-order valence-corrected chi connectivity index (χ3v) is 5.06. The number of likely N-dealkylation sites (tertiary alicyclic amines) is 1. The lowest BCUT2D eigenvalue weighted by atomic mass is 10.0. The van der Waals surface area contributed by atoms with Gasteiger partial charge < -0.3 is 14.7 Å². The predicted octanol–water partition coefficient (Wildman–Crippen LogP) is 1.44. The second-order valence-electron chi connectivity index (χ2n) is 5.90. The van der Waals surface area contributed by atoms with Gasteiger partial charge in [-0.05, 0) is 53.5 Å². The van der Waals surface area contributed by atoms with Crippen LogP contribution in [-0.2, 0) is 0 Å². The maximum absolute atomic E-state index is 4.78. The molecule has 0 saturated carbocycles. The van der Waals surface area contributed by atoms with Gasteiger partial charge in [0.1, 0.15) is 0 Å². The molecule has 2 heterocycles. The van der Waals surface area contributed by atoms with Gasteiger partial charge in [0.15, 0.2) is 5.17 Å². The molecule has 0 unspecified atom stereocenters. The first-order valence-electron chi connectivity index (χ1n) is 7.44. The Morgan fingerprint density at radius 3 is 2.58 bits per heavy atom. The van der Waals surface area contributed by atoms with Crippen molar-refractivity contribution < 1.29 is 0 Å². The van der Waals surface area contributed by atoms with E-state index in [2.05, 4.69) is 35.8 Å². The van der Waals surface area contributed by atoms with Crippen LogP contribution in [0.15, 0.2) is 4.99 Å². The van der Waals surface area contributed by atoms with Gasteiger partial charge in [-0.25, -0.2) is 0 Å². The number of amidine groups is 1. The van der Waals surface area contributed by atoms with Crippen molar-refractivity contribution in [2.75, 3.05) is 59.6 Å². The maximum Gasteiger partial charge on any atom is 0.159 e. The van der Waals surface area contributed by atoms with Crippen molar-refractivity contribution in [1.82, 2.24) is 14.7 Å². The Kier molecular flexibility index (Phi) is 5.98. The smallest absolute Gasteiger partial charge is 0.159 e. The van der Waals surface area contributed by atoms with E-state index in [1.165, 1.54) is 43.3 Å². The molecule has 0 bridgehead atoms. The molecule has 110 valence electrons. The second-order valence-corrected chi connectivity index (χ2v) is 6.96. The van der Waals surface area contributed by atoms with Crippen LogP contribution in [0, 0.1) is 0 Å². The predicted molar refractivity (Wildman–Crippen MR) is 85.2 cm³/mol. The molecule has 0 aromatic carbocycles. The maximum atomic E-state index is 4.78. The first kappa shape index (κ1) is 15.1. The SMILES string of the molecule is CN(C)CCN(C1=NCCCS1)C1CCN(C)CC1. The zero-order chi connectivity index (χ0) is 13.7. The lowest BCUT2D eigenvalue weighted by molar-refractivity contribution is 0.170. The number of piperidine rings is 1. The lowest BCUT2D eigenvalue weighted by Crippen LogP contribution is -2.48. The quantitative estimate of drug-likeness (QED) is 0.779. The first-order chi connectivity index (χ1) is 9.16. The Hall–Kier alpha value is -0.260. The zero-order valence-electron chi connectivity index (χ0n) is 12.6. The highest BCUT2D eigenvalue weighted by atomic mass is 32.2. The van der Waals surface area contributed by atoms with Crippen LogP contribution in [0.2, 0.25) is 0 Å². The van der Waals surface area contributed by atoms with E-state index >= 15 is 0 Å². The largest absolute Gasteiger partial charge is 0.347 e. The van der Waals surface area contributed by atoms with E-state index in [1.807, 2.05) is 11.8 Å². The summed E-state index contributed by atoms with van der Waals surface area (Å²) in [7, 11) is 6.54. The highest BCUT2D eigenvalue weighted by molar-refractivity contribution is 8.13. The third-order valence-electron chi connectivity index (χ3n) is 3.94. The van der Waals surface area contributed by atoms with Crippen molar-refractivity contribution in [2.45, 2.75) is 25.3 Å². The van der Waals surface area contributed by atoms with Gasteiger partial charge in [-0.3, -0.25) is 4.99 Å². The van der Waals surface area contributed by atoms with E-state index in [-0.39, 0.29) is 0 Å². The van der Waals surface area contributed by atoms with Crippen LogP contribution in [0.5, 0.6) is 0 Å². The summed E-state index contributed by atoms with van der Waals surface area (Å²) in [4.78, 5) is 12.1. The molecule has 0 radical (unpaired) electrons. The van der Waals surface area contributed by atoms with Gasteiger partial charge in [-0.2, -0.15) is 0 Å². The van der Waals surface area contributed by atoms with E-state index in [0.717, 1.165) is 19.6 Å². The van der Waals surface area contributed by atoms with E-state index < -0.39 is 0 Å². The minimum atomic E-state index is 0.695. The van der Waals surface area contributed by atoms with Crippen molar-refractivity contribution in [1.29, 1.82) is 0 Å². The number of nitrogens with zero attached hydrogens (tertiary/aromatic N) is 4. The van der Waals surface area contributed by atoms with Crippen molar-refractivity contribution in [3.05, 3.63) is 0 Å². The normalized spacial score (nSPS) is 22.6. The third kappa shape index (κ3) is 4.65. The summed E-state index contributed by atoms with van der Waals surface area (Å²) in [6, 6.07) is 0.695. The number of hydrogen-bond acceptors (Lipinski definition) is 5. The molecule has 0 atom stereocenters. The fourth-order valence-corrected chi connectivity index (χ4v) is 3.72. The molecule has 2 rings (SSSR count). The van der Waals surface area contributed by atoms with Gasteiger partial charge in [-0.15, -0.1) is 0 Å². The fraction of sp³-hybridized carbons (Fsp3) is 0.929. The number of thioether (sulfide) groups is 1. The number of aliphatic imine (C=N–C) groups is 1. The van der Waals surface area contributed by atoms with E-state index in [9.17, 15) is 0 Å².